The van der Waals surface area contributed by atoms with Crippen molar-refractivity contribution in [2.45, 2.75) is 11.1 Å². The van der Waals surface area contributed by atoms with E-state index in [1.54, 1.807) is 19.1 Å². The molecule has 0 spiro atoms. The molecule has 0 aliphatic rings. The van der Waals surface area contributed by atoms with Gasteiger partial charge in [-0.15, -0.1) is 0 Å². The van der Waals surface area contributed by atoms with Crippen LogP contribution in [0.25, 0.3) is 0 Å². The molecule has 0 amide bonds. The molecule has 0 fully saturated rings. The lowest BCUT2D eigenvalue weighted by Crippen LogP contribution is -2.13. The number of aryl methyl sites for hydroxylation is 1. The molecule has 0 radical (unpaired) electrons. The van der Waals surface area contributed by atoms with Crippen LogP contribution < -0.4 is 10.5 Å². The van der Waals surface area contributed by atoms with Crippen LogP contribution in [-0.4, -0.2) is 13.4 Å². The van der Waals surface area contributed by atoms with Gasteiger partial charge in [0.05, 0.1) is 21.4 Å². The maximum Gasteiger partial charge on any atom is 0.273 e. The summed E-state index contributed by atoms with van der Waals surface area (Å²) in [4.78, 5) is 3.88. The third-order valence-corrected chi connectivity index (χ3v) is 6.26. The van der Waals surface area contributed by atoms with Crippen molar-refractivity contribution in [2.75, 3.05) is 10.5 Å². The molecule has 10 heteroatoms. The third-order valence-electron chi connectivity index (χ3n) is 2.26. The van der Waals surface area contributed by atoms with Crippen molar-refractivity contribution in [3.63, 3.8) is 0 Å². The van der Waals surface area contributed by atoms with E-state index in [9.17, 15) is 8.42 Å². The standard InChI is InChI=1S/C10H8BrCl2N3O2S2/c1-4-9(19-10(14)15-4)20(17,18)16-8-6(12)2-5(11)3-7(8)13/h2-3,16H,1H3,(H2,14,15). The Bertz CT molecular complexity index is 754. The maximum atomic E-state index is 12.3. The summed E-state index contributed by atoms with van der Waals surface area (Å²) >= 11 is 16.1. The zero-order valence-electron chi connectivity index (χ0n) is 9.95. The van der Waals surface area contributed by atoms with Crippen LogP contribution in [0.3, 0.4) is 0 Å². The van der Waals surface area contributed by atoms with Crippen molar-refractivity contribution in [3.8, 4) is 0 Å². The van der Waals surface area contributed by atoms with Crippen molar-refractivity contribution in [1.29, 1.82) is 0 Å². The van der Waals surface area contributed by atoms with Crippen LogP contribution in [0.2, 0.25) is 10.0 Å². The van der Waals surface area contributed by atoms with Crippen LogP contribution in [0.5, 0.6) is 0 Å². The number of hydrogen-bond donors (Lipinski definition) is 2. The first-order valence-electron chi connectivity index (χ1n) is 5.11. The topological polar surface area (TPSA) is 85.1 Å². The maximum absolute atomic E-state index is 12.3. The molecule has 0 aliphatic heterocycles. The summed E-state index contributed by atoms with van der Waals surface area (Å²) in [6.07, 6.45) is 0. The van der Waals surface area contributed by atoms with E-state index in [0.717, 1.165) is 11.3 Å². The Morgan fingerprint density at radius 2 is 1.90 bits per heavy atom. The summed E-state index contributed by atoms with van der Waals surface area (Å²) in [5.74, 6) is 0. The number of thiazole rings is 1. The van der Waals surface area contributed by atoms with Gasteiger partial charge in [-0.3, -0.25) is 4.72 Å². The van der Waals surface area contributed by atoms with Gasteiger partial charge in [-0.2, -0.15) is 0 Å². The molecule has 3 N–H and O–H groups in total. The lowest BCUT2D eigenvalue weighted by atomic mass is 10.3. The Morgan fingerprint density at radius 3 is 2.35 bits per heavy atom. The van der Waals surface area contributed by atoms with Crippen molar-refractivity contribution in [3.05, 3.63) is 32.3 Å². The molecule has 1 heterocycles. The smallest absolute Gasteiger partial charge is 0.273 e. The van der Waals surface area contributed by atoms with Crippen molar-refractivity contribution >= 4 is 71.3 Å². The van der Waals surface area contributed by atoms with Gasteiger partial charge in [-0.25, -0.2) is 13.4 Å². The van der Waals surface area contributed by atoms with Crippen LogP contribution >= 0.6 is 50.5 Å². The molecule has 0 bridgehead atoms. The molecule has 0 aliphatic carbocycles. The van der Waals surface area contributed by atoms with Crippen molar-refractivity contribution in [1.82, 2.24) is 4.98 Å². The number of benzene rings is 1. The summed E-state index contributed by atoms with van der Waals surface area (Å²) in [6, 6.07) is 3.08. The van der Waals surface area contributed by atoms with E-state index >= 15 is 0 Å². The average Bonchev–Trinajstić information content (AvgIpc) is 2.64. The largest absolute Gasteiger partial charge is 0.375 e. The fourth-order valence-electron chi connectivity index (χ4n) is 1.47. The lowest BCUT2D eigenvalue weighted by Gasteiger charge is -2.10. The minimum absolute atomic E-state index is 0.0325. The van der Waals surface area contributed by atoms with Gasteiger partial charge in [-0.05, 0) is 19.1 Å². The first-order valence-corrected chi connectivity index (χ1v) is 8.96. The Kier molecular flexibility index (Phi) is 4.50. The highest BCUT2D eigenvalue weighted by atomic mass is 79.9. The van der Waals surface area contributed by atoms with E-state index in [0.29, 0.717) is 10.2 Å². The molecule has 2 rings (SSSR count). The molecule has 108 valence electrons. The molecule has 1 aromatic carbocycles. The summed E-state index contributed by atoms with van der Waals surface area (Å²) in [5, 5.41) is 0.544. The van der Waals surface area contributed by atoms with Gasteiger partial charge in [-0.1, -0.05) is 50.5 Å². The highest BCUT2D eigenvalue weighted by Gasteiger charge is 2.23. The fraction of sp³-hybridized carbons (Fsp3) is 0.100. The van der Waals surface area contributed by atoms with Crippen LogP contribution in [0.1, 0.15) is 5.69 Å². The lowest BCUT2D eigenvalue weighted by molar-refractivity contribution is 0.602. The van der Waals surface area contributed by atoms with E-state index in [1.165, 1.54) is 0 Å². The number of hydrogen-bond acceptors (Lipinski definition) is 5. The highest BCUT2D eigenvalue weighted by molar-refractivity contribution is 9.10. The van der Waals surface area contributed by atoms with Crippen LogP contribution in [0.15, 0.2) is 20.8 Å². The van der Waals surface area contributed by atoms with Crippen molar-refractivity contribution < 1.29 is 8.42 Å². The molecular formula is C10H8BrCl2N3O2S2. The number of nitrogens with two attached hydrogens (primary N) is 1. The van der Waals surface area contributed by atoms with Crippen LogP contribution in [-0.2, 0) is 10.0 Å². The minimum Gasteiger partial charge on any atom is -0.375 e. The number of nitrogen functional groups attached to an aromatic ring is 1. The summed E-state index contributed by atoms with van der Waals surface area (Å²) in [6.45, 7) is 1.56. The molecule has 1 aromatic heterocycles. The molecule has 5 nitrogen and oxygen atoms in total. The van der Waals surface area contributed by atoms with Crippen LogP contribution in [0.4, 0.5) is 10.8 Å². The number of nitrogens with one attached hydrogen (secondary N) is 1. The summed E-state index contributed by atoms with van der Waals surface area (Å²) in [5.41, 5.74) is 5.94. The molecule has 0 saturated heterocycles. The predicted octanol–water partition coefficient (Wildman–Crippen LogP) is 3.90. The Labute approximate surface area is 138 Å². The van der Waals surface area contributed by atoms with E-state index in [4.69, 9.17) is 28.9 Å². The van der Waals surface area contributed by atoms with E-state index in [2.05, 4.69) is 25.6 Å². The Balaban J connectivity index is 2.46. The zero-order valence-corrected chi connectivity index (χ0v) is 14.7. The molecular weight excluding hydrogens is 409 g/mol. The van der Waals surface area contributed by atoms with Crippen molar-refractivity contribution in [2.24, 2.45) is 0 Å². The molecule has 0 unspecified atom stereocenters. The van der Waals surface area contributed by atoms with Gasteiger partial charge in [0.1, 0.15) is 0 Å². The fourth-order valence-corrected chi connectivity index (χ4v) is 5.29. The second-order valence-electron chi connectivity index (χ2n) is 3.77. The second kappa shape index (κ2) is 5.69. The first kappa shape index (κ1) is 15.8. The van der Waals surface area contributed by atoms with E-state index < -0.39 is 10.0 Å². The second-order valence-corrected chi connectivity index (χ2v) is 8.41. The van der Waals surface area contributed by atoms with Gasteiger partial charge in [0.25, 0.3) is 10.0 Å². The minimum atomic E-state index is -3.84. The summed E-state index contributed by atoms with van der Waals surface area (Å²) in [7, 11) is -3.84. The number of halogens is 3. The van der Waals surface area contributed by atoms with Gasteiger partial charge in [0, 0.05) is 4.47 Å². The quantitative estimate of drug-likeness (QED) is 0.794. The van der Waals surface area contributed by atoms with E-state index in [1.807, 2.05) is 0 Å². The summed E-state index contributed by atoms with van der Waals surface area (Å²) < 4.78 is 27.6. The van der Waals surface area contributed by atoms with E-state index in [-0.39, 0.29) is 25.1 Å². The number of aromatic nitrogens is 1. The highest BCUT2D eigenvalue weighted by Crippen LogP contribution is 2.36. The monoisotopic (exact) mass is 415 g/mol. The predicted molar refractivity (Wildman–Crippen MR) is 86.2 cm³/mol. The molecule has 2 aromatic rings. The third kappa shape index (κ3) is 3.20. The Hall–Kier alpha value is -0.540. The Morgan fingerprint density at radius 1 is 1.35 bits per heavy atom. The van der Waals surface area contributed by atoms with Crippen LogP contribution in [0, 0.1) is 6.92 Å². The average molecular weight is 417 g/mol. The van der Waals surface area contributed by atoms with Gasteiger partial charge in [0.2, 0.25) is 0 Å². The number of anilines is 2. The molecule has 0 saturated carbocycles. The SMILES string of the molecule is Cc1nc(N)sc1S(=O)(=O)Nc1c(Cl)cc(Br)cc1Cl. The zero-order chi connectivity index (χ0) is 15.1. The number of rotatable bonds is 3. The first-order chi connectivity index (χ1) is 9.20. The van der Waals surface area contributed by atoms with Gasteiger partial charge < -0.3 is 5.73 Å². The van der Waals surface area contributed by atoms with Gasteiger partial charge in [0.15, 0.2) is 9.34 Å². The molecule has 0 atom stereocenters. The molecule has 20 heavy (non-hydrogen) atoms. The van der Waals surface area contributed by atoms with Gasteiger partial charge >= 0.3 is 0 Å². The number of nitrogens with zero attached hydrogens (tertiary/aromatic N) is 1. The number of sulfonamides is 1. The normalized spacial score (nSPS) is 11.6.